The van der Waals surface area contributed by atoms with Gasteiger partial charge in [0, 0.05) is 12.1 Å². The van der Waals surface area contributed by atoms with Crippen molar-refractivity contribution in [1.82, 2.24) is 0 Å². The Kier molecular flexibility index (Phi) is 3.29. The molecular weight excluding hydrogens is 152 g/mol. The third-order valence-electron chi connectivity index (χ3n) is 1.50. The van der Waals surface area contributed by atoms with Crippen molar-refractivity contribution in [2.75, 3.05) is 13.7 Å². The third-order valence-corrected chi connectivity index (χ3v) is 1.50. The molecule has 64 valence electrons. The maximum Gasteiger partial charge on any atom is 0.106 e. The van der Waals surface area contributed by atoms with E-state index in [0.29, 0.717) is 6.54 Å². The highest BCUT2D eigenvalue weighted by Crippen LogP contribution is 2.00. The van der Waals surface area contributed by atoms with Gasteiger partial charge >= 0.3 is 0 Å². The summed E-state index contributed by atoms with van der Waals surface area (Å²) >= 11 is 0. The van der Waals surface area contributed by atoms with Crippen molar-refractivity contribution in [3.8, 4) is 0 Å². The molecule has 0 saturated heterocycles. The molecule has 0 fully saturated rings. The molecule has 0 bridgehead atoms. The molecule has 0 aliphatic heterocycles. The van der Waals surface area contributed by atoms with Crippen molar-refractivity contribution in [2.24, 2.45) is 10.9 Å². The van der Waals surface area contributed by atoms with E-state index in [4.69, 9.17) is 5.73 Å². The van der Waals surface area contributed by atoms with Crippen molar-refractivity contribution in [3.63, 3.8) is 0 Å². The highest BCUT2D eigenvalue weighted by molar-refractivity contribution is 6.01. The van der Waals surface area contributed by atoms with Crippen LogP contribution < -0.4 is 5.73 Å². The summed E-state index contributed by atoms with van der Waals surface area (Å²) in [6, 6.07) is 9.73. The average Bonchev–Trinajstić information content (AvgIpc) is 2.15. The average molecular weight is 164 g/mol. The SMILES string of the molecule is CO/N=C(\CN)c1ccccc1. The summed E-state index contributed by atoms with van der Waals surface area (Å²) in [6.45, 7) is 0.387. The molecule has 0 atom stereocenters. The maximum absolute atomic E-state index is 5.48. The van der Waals surface area contributed by atoms with Crippen LogP contribution in [0.25, 0.3) is 0 Å². The molecule has 12 heavy (non-hydrogen) atoms. The molecule has 0 spiro atoms. The Bertz CT molecular complexity index is 256. The second-order valence-electron chi connectivity index (χ2n) is 2.29. The van der Waals surface area contributed by atoms with Gasteiger partial charge in [0.05, 0.1) is 0 Å². The maximum atomic E-state index is 5.48. The van der Waals surface area contributed by atoms with Crippen LogP contribution in [0, 0.1) is 0 Å². The number of benzene rings is 1. The summed E-state index contributed by atoms with van der Waals surface area (Å²) in [7, 11) is 1.51. The molecule has 3 heteroatoms. The van der Waals surface area contributed by atoms with Crippen LogP contribution in [0.1, 0.15) is 5.56 Å². The Morgan fingerprint density at radius 2 is 2.08 bits per heavy atom. The van der Waals surface area contributed by atoms with Crippen LogP contribution in [-0.4, -0.2) is 19.4 Å². The van der Waals surface area contributed by atoms with Crippen LogP contribution >= 0.6 is 0 Å². The van der Waals surface area contributed by atoms with Crippen molar-refractivity contribution in [2.45, 2.75) is 0 Å². The zero-order chi connectivity index (χ0) is 8.81. The minimum atomic E-state index is 0.387. The largest absolute Gasteiger partial charge is 0.399 e. The lowest BCUT2D eigenvalue weighted by Gasteiger charge is -2.01. The zero-order valence-electron chi connectivity index (χ0n) is 7.03. The van der Waals surface area contributed by atoms with E-state index in [9.17, 15) is 0 Å². The summed E-state index contributed by atoms with van der Waals surface area (Å²) < 4.78 is 0. The van der Waals surface area contributed by atoms with Gasteiger partial charge in [-0.05, 0) is 0 Å². The lowest BCUT2D eigenvalue weighted by molar-refractivity contribution is 0.213. The fourth-order valence-corrected chi connectivity index (χ4v) is 0.949. The molecule has 1 aromatic carbocycles. The summed E-state index contributed by atoms with van der Waals surface area (Å²) in [4.78, 5) is 4.66. The summed E-state index contributed by atoms with van der Waals surface area (Å²) in [5.74, 6) is 0. The van der Waals surface area contributed by atoms with Crippen molar-refractivity contribution < 1.29 is 4.84 Å². The summed E-state index contributed by atoms with van der Waals surface area (Å²) in [5, 5.41) is 3.80. The molecule has 0 aromatic heterocycles. The summed E-state index contributed by atoms with van der Waals surface area (Å²) in [5.41, 5.74) is 7.24. The van der Waals surface area contributed by atoms with Gasteiger partial charge in [0.2, 0.25) is 0 Å². The van der Waals surface area contributed by atoms with E-state index in [2.05, 4.69) is 9.99 Å². The zero-order valence-corrected chi connectivity index (χ0v) is 7.03. The Hall–Kier alpha value is -1.35. The first-order chi connectivity index (χ1) is 5.88. The lowest BCUT2D eigenvalue weighted by Crippen LogP contribution is -2.15. The first kappa shape index (κ1) is 8.74. The van der Waals surface area contributed by atoms with Gasteiger partial charge in [0.1, 0.15) is 12.8 Å². The standard InChI is InChI=1S/C9H12N2O/c1-12-11-9(7-10)8-5-3-2-4-6-8/h2-6H,7,10H2,1H3/b11-9+. The van der Waals surface area contributed by atoms with Gasteiger partial charge in [-0.25, -0.2) is 0 Å². The van der Waals surface area contributed by atoms with Crippen molar-refractivity contribution in [3.05, 3.63) is 35.9 Å². The van der Waals surface area contributed by atoms with Gasteiger partial charge < -0.3 is 10.6 Å². The van der Waals surface area contributed by atoms with E-state index in [1.54, 1.807) is 0 Å². The topological polar surface area (TPSA) is 47.6 Å². The highest BCUT2D eigenvalue weighted by Gasteiger charge is 1.99. The fourth-order valence-electron chi connectivity index (χ4n) is 0.949. The van der Waals surface area contributed by atoms with Gasteiger partial charge in [0.15, 0.2) is 0 Å². The van der Waals surface area contributed by atoms with Gasteiger partial charge in [-0.3, -0.25) is 0 Å². The van der Waals surface area contributed by atoms with E-state index in [1.807, 2.05) is 30.3 Å². The molecule has 2 N–H and O–H groups in total. The first-order valence-electron chi connectivity index (χ1n) is 3.74. The predicted octanol–water partition coefficient (Wildman–Crippen LogP) is 0.996. The van der Waals surface area contributed by atoms with Gasteiger partial charge in [-0.15, -0.1) is 0 Å². The lowest BCUT2D eigenvalue weighted by atomic mass is 10.1. The number of nitrogens with two attached hydrogens (primary N) is 1. The van der Waals surface area contributed by atoms with Crippen LogP contribution in [0.15, 0.2) is 35.5 Å². The molecule has 0 radical (unpaired) electrons. The van der Waals surface area contributed by atoms with Crippen LogP contribution in [0.2, 0.25) is 0 Å². The second kappa shape index (κ2) is 4.51. The van der Waals surface area contributed by atoms with E-state index < -0.39 is 0 Å². The smallest absolute Gasteiger partial charge is 0.106 e. The minimum absolute atomic E-state index is 0.387. The van der Waals surface area contributed by atoms with Gasteiger partial charge in [-0.1, -0.05) is 35.5 Å². The molecule has 3 nitrogen and oxygen atoms in total. The van der Waals surface area contributed by atoms with Gasteiger partial charge in [0.25, 0.3) is 0 Å². The van der Waals surface area contributed by atoms with Crippen LogP contribution in [0.4, 0.5) is 0 Å². The molecule has 0 unspecified atom stereocenters. The first-order valence-corrected chi connectivity index (χ1v) is 3.74. The molecule has 0 aliphatic rings. The van der Waals surface area contributed by atoms with E-state index in [1.165, 1.54) is 7.11 Å². The molecule has 0 aliphatic carbocycles. The second-order valence-corrected chi connectivity index (χ2v) is 2.29. The number of rotatable bonds is 3. The number of nitrogens with zero attached hydrogens (tertiary/aromatic N) is 1. The van der Waals surface area contributed by atoms with E-state index in [0.717, 1.165) is 11.3 Å². The predicted molar refractivity (Wildman–Crippen MR) is 49.0 cm³/mol. The number of hydrogen-bond acceptors (Lipinski definition) is 3. The minimum Gasteiger partial charge on any atom is -0.399 e. The van der Waals surface area contributed by atoms with Crippen molar-refractivity contribution >= 4 is 5.71 Å². The van der Waals surface area contributed by atoms with Gasteiger partial charge in [-0.2, -0.15) is 0 Å². The molecule has 1 aromatic rings. The summed E-state index contributed by atoms with van der Waals surface area (Å²) in [6.07, 6.45) is 0. The van der Waals surface area contributed by atoms with Crippen molar-refractivity contribution in [1.29, 1.82) is 0 Å². The van der Waals surface area contributed by atoms with E-state index in [-0.39, 0.29) is 0 Å². The quantitative estimate of drug-likeness (QED) is 0.535. The Morgan fingerprint density at radius 3 is 2.58 bits per heavy atom. The van der Waals surface area contributed by atoms with Crippen LogP contribution in [0.5, 0.6) is 0 Å². The molecule has 0 saturated carbocycles. The Labute approximate surface area is 71.8 Å². The van der Waals surface area contributed by atoms with Crippen LogP contribution in [0.3, 0.4) is 0 Å². The van der Waals surface area contributed by atoms with E-state index >= 15 is 0 Å². The number of hydrogen-bond donors (Lipinski definition) is 1. The Balaban J connectivity index is 2.88. The third kappa shape index (κ3) is 2.07. The van der Waals surface area contributed by atoms with Crippen LogP contribution in [-0.2, 0) is 4.84 Å². The number of oxime groups is 1. The fraction of sp³-hybridized carbons (Fsp3) is 0.222. The highest BCUT2D eigenvalue weighted by atomic mass is 16.6. The molecular formula is C9H12N2O. The molecule has 1 rings (SSSR count). The molecule has 0 amide bonds. The molecule has 0 heterocycles. The monoisotopic (exact) mass is 164 g/mol. The normalized spacial score (nSPS) is 11.3. The Morgan fingerprint density at radius 1 is 1.42 bits per heavy atom.